The van der Waals surface area contributed by atoms with E-state index in [0.717, 1.165) is 12.1 Å². The van der Waals surface area contributed by atoms with Crippen LogP contribution in [0.15, 0.2) is 29.2 Å². The van der Waals surface area contributed by atoms with Crippen LogP contribution >= 0.6 is 11.6 Å². The predicted octanol–water partition coefficient (Wildman–Crippen LogP) is 1.41. The Morgan fingerprint density at radius 1 is 1.33 bits per heavy atom. The Kier molecular flexibility index (Phi) is 3.78. The van der Waals surface area contributed by atoms with E-state index in [1.165, 1.54) is 12.1 Å². The minimum atomic E-state index is -4.24. The molecule has 0 aliphatic carbocycles. The molecule has 0 radical (unpaired) electrons. The number of sulfonamides is 1. The van der Waals surface area contributed by atoms with E-state index in [1.807, 2.05) is 0 Å². The average Bonchev–Trinajstić information content (AvgIpc) is 2.18. The van der Waals surface area contributed by atoms with Gasteiger partial charge in [-0.15, -0.1) is 4.48 Å². The predicted molar refractivity (Wildman–Crippen MR) is 52.5 cm³/mol. The molecule has 0 unspecified atom stereocenters. The fourth-order valence-corrected chi connectivity index (χ4v) is 1.97. The second-order valence-electron chi connectivity index (χ2n) is 2.60. The lowest BCUT2D eigenvalue weighted by molar-refractivity contribution is -0.109. The molecule has 4 nitrogen and oxygen atoms in total. The molecule has 0 atom stereocenters. The number of nitrogens with zero attached hydrogens (tertiary/aromatic N) is 1. The fourth-order valence-electron chi connectivity index (χ4n) is 0.878. The van der Waals surface area contributed by atoms with Gasteiger partial charge in [-0.2, -0.15) is 0 Å². The van der Waals surface area contributed by atoms with E-state index in [4.69, 9.17) is 11.6 Å². The third-order valence-corrected chi connectivity index (χ3v) is 3.38. The summed E-state index contributed by atoms with van der Waals surface area (Å²) in [5, 5.41) is 0.342. The van der Waals surface area contributed by atoms with Crippen molar-refractivity contribution in [3.63, 3.8) is 0 Å². The highest BCUT2D eigenvalue weighted by atomic mass is 35.5. The summed E-state index contributed by atoms with van der Waals surface area (Å²) < 4.78 is 35.2. The van der Waals surface area contributed by atoms with Gasteiger partial charge in [0, 0.05) is 5.02 Å². The highest BCUT2D eigenvalue weighted by Crippen LogP contribution is 2.18. The van der Waals surface area contributed by atoms with Gasteiger partial charge in [-0.3, -0.25) is 0 Å². The first-order valence-corrected chi connectivity index (χ1v) is 5.68. The first-order chi connectivity index (χ1) is 6.98. The average molecular weight is 252 g/mol. The van der Waals surface area contributed by atoms with Crippen molar-refractivity contribution in [2.45, 2.75) is 4.90 Å². The number of hydrogen-bond donors (Lipinski definition) is 0. The van der Waals surface area contributed by atoms with Gasteiger partial charge >= 0.3 is 0 Å². The SMILES string of the molecule is O=CCN(F)S(=O)(=O)c1ccc(Cl)cc1. The maximum absolute atomic E-state index is 12.9. The maximum Gasteiger partial charge on any atom is 0.269 e. The molecule has 1 aromatic rings. The zero-order valence-corrected chi connectivity index (χ0v) is 9.00. The summed E-state index contributed by atoms with van der Waals surface area (Å²) in [6.45, 7) is -0.828. The van der Waals surface area contributed by atoms with Crippen LogP contribution in [0.25, 0.3) is 0 Å². The van der Waals surface area contributed by atoms with Crippen LogP contribution in [-0.4, -0.2) is 25.8 Å². The molecule has 0 amide bonds. The number of benzene rings is 1. The first kappa shape index (κ1) is 12.1. The van der Waals surface area contributed by atoms with Crippen molar-refractivity contribution in [3.05, 3.63) is 29.3 Å². The molecule has 0 saturated heterocycles. The van der Waals surface area contributed by atoms with Crippen LogP contribution in [0, 0.1) is 0 Å². The van der Waals surface area contributed by atoms with Gasteiger partial charge in [-0.1, -0.05) is 11.6 Å². The normalized spacial score (nSPS) is 11.7. The third kappa shape index (κ3) is 2.74. The second kappa shape index (κ2) is 4.69. The molecule has 0 bridgehead atoms. The number of rotatable bonds is 4. The zero-order valence-electron chi connectivity index (χ0n) is 7.43. The molecule has 0 aromatic heterocycles. The van der Waals surface area contributed by atoms with Gasteiger partial charge in [0.1, 0.15) is 12.8 Å². The standard InChI is InChI=1S/C8H7ClFNO3S/c9-7-1-3-8(4-2-7)15(13,14)11(10)5-6-12/h1-4,6H,5H2. The number of carbonyl (C=O) groups is 1. The van der Waals surface area contributed by atoms with Gasteiger partial charge in [0.2, 0.25) is 0 Å². The van der Waals surface area contributed by atoms with Gasteiger partial charge in [0.15, 0.2) is 0 Å². The monoisotopic (exact) mass is 251 g/mol. The number of carbonyl (C=O) groups excluding carboxylic acids is 1. The Balaban J connectivity index is 3.06. The quantitative estimate of drug-likeness (QED) is 0.601. The van der Waals surface area contributed by atoms with Gasteiger partial charge in [0.05, 0.1) is 4.90 Å². The minimum Gasteiger partial charge on any atom is -0.302 e. The summed E-state index contributed by atoms with van der Waals surface area (Å²) in [5.41, 5.74) is 0. The third-order valence-electron chi connectivity index (χ3n) is 1.59. The molecule has 0 fully saturated rings. The van der Waals surface area contributed by atoms with Crippen molar-refractivity contribution in [2.24, 2.45) is 0 Å². The van der Waals surface area contributed by atoms with Crippen LogP contribution in [0.4, 0.5) is 4.48 Å². The van der Waals surface area contributed by atoms with Crippen molar-refractivity contribution in [2.75, 3.05) is 6.54 Å². The van der Waals surface area contributed by atoms with E-state index in [0.29, 0.717) is 5.02 Å². The molecule has 0 heterocycles. The molecule has 0 saturated carbocycles. The van der Waals surface area contributed by atoms with Gasteiger partial charge in [0.25, 0.3) is 10.0 Å². The fraction of sp³-hybridized carbons (Fsp3) is 0.125. The first-order valence-electron chi connectivity index (χ1n) is 3.86. The van der Waals surface area contributed by atoms with E-state index in [-0.39, 0.29) is 11.2 Å². The number of hydrogen-bond acceptors (Lipinski definition) is 3. The summed E-state index contributed by atoms with van der Waals surface area (Å²) in [6, 6.07) is 4.97. The van der Waals surface area contributed by atoms with Crippen LogP contribution in [0.5, 0.6) is 0 Å². The van der Waals surface area contributed by atoms with Crippen molar-refractivity contribution in [3.8, 4) is 0 Å². The van der Waals surface area contributed by atoms with Crippen LogP contribution < -0.4 is 0 Å². The Labute approximate surface area is 91.2 Å². The van der Waals surface area contributed by atoms with Crippen LogP contribution in [0.3, 0.4) is 0 Å². The number of aldehydes is 1. The van der Waals surface area contributed by atoms with Gasteiger partial charge in [-0.25, -0.2) is 8.42 Å². The lowest BCUT2D eigenvalue weighted by Gasteiger charge is -2.09. The van der Waals surface area contributed by atoms with E-state index in [1.54, 1.807) is 0 Å². The second-order valence-corrected chi connectivity index (χ2v) is 4.85. The number of halogens is 2. The Morgan fingerprint density at radius 2 is 1.87 bits per heavy atom. The summed E-state index contributed by atoms with van der Waals surface area (Å²) >= 11 is 5.54. The molecule has 82 valence electrons. The van der Waals surface area contributed by atoms with Crippen molar-refractivity contribution in [1.29, 1.82) is 0 Å². The lowest BCUT2D eigenvalue weighted by atomic mass is 10.4. The summed E-state index contributed by atoms with van der Waals surface area (Å²) in [4.78, 5) is 9.73. The van der Waals surface area contributed by atoms with Gasteiger partial charge in [-0.05, 0) is 28.8 Å². The Hall–Kier alpha value is -0.980. The molecule has 0 spiro atoms. The topological polar surface area (TPSA) is 54.5 Å². The van der Waals surface area contributed by atoms with E-state index in [9.17, 15) is 17.7 Å². The van der Waals surface area contributed by atoms with Crippen molar-refractivity contribution < 1.29 is 17.7 Å². The molecule has 1 aromatic carbocycles. The largest absolute Gasteiger partial charge is 0.302 e. The molecule has 0 aliphatic rings. The van der Waals surface area contributed by atoms with E-state index in [2.05, 4.69) is 0 Å². The smallest absolute Gasteiger partial charge is 0.269 e. The van der Waals surface area contributed by atoms with Crippen LogP contribution in [0.2, 0.25) is 5.02 Å². The molecule has 7 heteroatoms. The van der Waals surface area contributed by atoms with E-state index < -0.39 is 21.1 Å². The zero-order chi connectivity index (χ0) is 11.5. The Morgan fingerprint density at radius 3 is 2.33 bits per heavy atom. The molecule has 1 rings (SSSR count). The lowest BCUT2D eigenvalue weighted by Crippen LogP contribution is -2.24. The molecule has 0 N–H and O–H groups in total. The summed E-state index contributed by atoms with van der Waals surface area (Å²) in [6.07, 6.45) is 0.160. The van der Waals surface area contributed by atoms with Crippen molar-refractivity contribution >= 4 is 27.9 Å². The molecular weight excluding hydrogens is 245 g/mol. The minimum absolute atomic E-state index is 0.160. The summed E-state index contributed by atoms with van der Waals surface area (Å²) in [5.74, 6) is 0. The van der Waals surface area contributed by atoms with Crippen LogP contribution in [0.1, 0.15) is 0 Å². The molecule has 15 heavy (non-hydrogen) atoms. The Bertz CT molecular complexity index is 445. The molecule has 0 aliphatic heterocycles. The van der Waals surface area contributed by atoms with E-state index >= 15 is 0 Å². The van der Waals surface area contributed by atoms with Gasteiger partial charge < -0.3 is 4.79 Å². The highest BCUT2D eigenvalue weighted by molar-refractivity contribution is 7.89. The summed E-state index contributed by atoms with van der Waals surface area (Å²) in [7, 11) is -4.24. The highest BCUT2D eigenvalue weighted by Gasteiger charge is 2.23. The van der Waals surface area contributed by atoms with Crippen LogP contribution in [-0.2, 0) is 14.8 Å². The maximum atomic E-state index is 12.9. The van der Waals surface area contributed by atoms with Crippen molar-refractivity contribution in [1.82, 2.24) is 4.53 Å². The molecular formula is C8H7ClFNO3S.